The van der Waals surface area contributed by atoms with Crippen LogP contribution in [0.3, 0.4) is 0 Å². The van der Waals surface area contributed by atoms with Gasteiger partial charge >= 0.3 is 12.1 Å². The average molecular weight is 395 g/mol. The van der Waals surface area contributed by atoms with Crippen LogP contribution < -0.4 is 0 Å². The molecule has 2 aromatic rings. The molecule has 0 aliphatic carbocycles. The quantitative estimate of drug-likeness (QED) is 0.623. The predicted molar refractivity (Wildman–Crippen MR) is 111 cm³/mol. The largest absolute Gasteiger partial charge is 0.460 e. The van der Waals surface area contributed by atoms with Crippen molar-refractivity contribution in [2.45, 2.75) is 58.4 Å². The van der Waals surface area contributed by atoms with Crippen molar-refractivity contribution < 1.29 is 19.1 Å². The van der Waals surface area contributed by atoms with Gasteiger partial charge in [0.2, 0.25) is 0 Å². The van der Waals surface area contributed by atoms with E-state index in [9.17, 15) is 9.59 Å². The van der Waals surface area contributed by atoms with Gasteiger partial charge < -0.3 is 9.47 Å². The summed E-state index contributed by atoms with van der Waals surface area (Å²) in [7, 11) is 0. The molecule has 1 unspecified atom stereocenters. The molecule has 29 heavy (non-hydrogen) atoms. The first kappa shape index (κ1) is 20.9. The third-order valence-electron chi connectivity index (χ3n) is 5.44. The summed E-state index contributed by atoms with van der Waals surface area (Å²) in [5, 5.41) is 0. The number of rotatable bonds is 7. The van der Waals surface area contributed by atoms with Crippen molar-refractivity contribution in [1.29, 1.82) is 0 Å². The lowest BCUT2D eigenvalue weighted by molar-refractivity contribution is -0.164. The van der Waals surface area contributed by atoms with E-state index in [2.05, 4.69) is 0 Å². The Bertz CT molecular complexity index is 793. The standard InChI is InChI=1S/C24H29NO4/c1-3-21(22-15-14-18(2)23(26)29-22)25(16-19-10-6-4-7-11-19)24(27)28-17-20-12-8-5-9-13-20/h4-13,18,21-22H,3,14-17H2,1-2H3/t18?,21-,22-/m0/s1. The van der Waals surface area contributed by atoms with Gasteiger partial charge in [0.1, 0.15) is 12.7 Å². The zero-order chi connectivity index (χ0) is 20.6. The predicted octanol–water partition coefficient (Wildman–Crippen LogP) is 4.95. The number of carbonyl (C=O) groups is 2. The average Bonchev–Trinajstić information content (AvgIpc) is 2.75. The summed E-state index contributed by atoms with van der Waals surface area (Å²) in [5.74, 6) is -0.270. The third kappa shape index (κ3) is 5.59. The summed E-state index contributed by atoms with van der Waals surface area (Å²) in [5.41, 5.74) is 1.95. The van der Waals surface area contributed by atoms with Gasteiger partial charge in [-0.15, -0.1) is 0 Å². The maximum Gasteiger partial charge on any atom is 0.410 e. The summed E-state index contributed by atoms with van der Waals surface area (Å²) in [4.78, 5) is 26.9. The van der Waals surface area contributed by atoms with Crippen LogP contribution in [0.25, 0.3) is 0 Å². The second-order valence-electron chi connectivity index (χ2n) is 7.58. The summed E-state index contributed by atoms with van der Waals surface area (Å²) in [6.07, 6.45) is 1.51. The lowest BCUT2D eigenvalue weighted by Gasteiger charge is -2.38. The van der Waals surface area contributed by atoms with Crippen molar-refractivity contribution in [2.24, 2.45) is 5.92 Å². The molecule has 154 valence electrons. The van der Waals surface area contributed by atoms with E-state index in [1.807, 2.05) is 74.5 Å². The zero-order valence-electron chi connectivity index (χ0n) is 17.1. The van der Waals surface area contributed by atoms with Crippen molar-refractivity contribution >= 4 is 12.1 Å². The third-order valence-corrected chi connectivity index (χ3v) is 5.44. The van der Waals surface area contributed by atoms with Crippen molar-refractivity contribution in [2.75, 3.05) is 0 Å². The molecule has 1 aliphatic heterocycles. The van der Waals surface area contributed by atoms with Gasteiger partial charge in [0, 0.05) is 6.54 Å². The fraction of sp³-hybridized carbons (Fsp3) is 0.417. The Morgan fingerprint density at radius 3 is 2.28 bits per heavy atom. The van der Waals surface area contributed by atoms with Crippen LogP contribution in [0.15, 0.2) is 60.7 Å². The molecule has 1 amide bonds. The Morgan fingerprint density at radius 2 is 1.69 bits per heavy atom. The van der Waals surface area contributed by atoms with Gasteiger partial charge in [0.15, 0.2) is 0 Å². The lowest BCUT2D eigenvalue weighted by Crippen LogP contribution is -2.50. The first-order valence-corrected chi connectivity index (χ1v) is 10.3. The molecule has 0 saturated carbocycles. The minimum atomic E-state index is -0.390. The van der Waals surface area contributed by atoms with Crippen LogP contribution in [0.1, 0.15) is 44.2 Å². The second-order valence-corrected chi connectivity index (χ2v) is 7.58. The van der Waals surface area contributed by atoms with Crippen LogP contribution in [0, 0.1) is 5.92 Å². The summed E-state index contributed by atoms with van der Waals surface area (Å²) >= 11 is 0. The van der Waals surface area contributed by atoms with E-state index in [0.29, 0.717) is 13.0 Å². The van der Waals surface area contributed by atoms with Gasteiger partial charge in [-0.2, -0.15) is 0 Å². The van der Waals surface area contributed by atoms with Gasteiger partial charge in [-0.1, -0.05) is 74.5 Å². The van der Waals surface area contributed by atoms with Gasteiger partial charge in [-0.25, -0.2) is 4.79 Å². The Balaban J connectivity index is 1.77. The van der Waals surface area contributed by atoms with Crippen LogP contribution in [0.5, 0.6) is 0 Å². The minimum absolute atomic E-state index is 0.0867. The van der Waals surface area contributed by atoms with E-state index < -0.39 is 0 Å². The van der Waals surface area contributed by atoms with Crippen molar-refractivity contribution in [3.05, 3.63) is 71.8 Å². The molecular weight excluding hydrogens is 366 g/mol. The van der Waals surface area contributed by atoms with Crippen molar-refractivity contribution in [3.8, 4) is 0 Å². The fourth-order valence-electron chi connectivity index (χ4n) is 3.71. The monoisotopic (exact) mass is 395 g/mol. The van der Waals surface area contributed by atoms with E-state index in [0.717, 1.165) is 24.0 Å². The van der Waals surface area contributed by atoms with Gasteiger partial charge in [-0.3, -0.25) is 9.69 Å². The van der Waals surface area contributed by atoms with E-state index >= 15 is 0 Å². The number of cyclic esters (lactones) is 1. The van der Waals surface area contributed by atoms with E-state index in [-0.39, 0.29) is 36.7 Å². The normalized spacial score (nSPS) is 19.9. The Kier molecular flexibility index (Phi) is 7.28. The molecule has 5 nitrogen and oxygen atoms in total. The fourth-order valence-corrected chi connectivity index (χ4v) is 3.71. The van der Waals surface area contributed by atoms with Crippen LogP contribution in [0.2, 0.25) is 0 Å². The molecule has 0 radical (unpaired) electrons. The highest BCUT2D eigenvalue weighted by Crippen LogP contribution is 2.27. The van der Waals surface area contributed by atoms with Gasteiger partial charge in [-0.05, 0) is 30.4 Å². The SMILES string of the molecule is CC[C@@H]([C@@H]1CCC(C)C(=O)O1)N(Cc1ccccc1)C(=O)OCc1ccccc1. The maximum atomic E-state index is 13.1. The molecule has 1 fully saturated rings. The maximum absolute atomic E-state index is 13.1. The molecule has 2 aromatic carbocycles. The zero-order valence-corrected chi connectivity index (χ0v) is 17.1. The van der Waals surface area contributed by atoms with Crippen LogP contribution >= 0.6 is 0 Å². The smallest absolute Gasteiger partial charge is 0.410 e. The van der Waals surface area contributed by atoms with E-state index in [1.54, 1.807) is 4.90 Å². The van der Waals surface area contributed by atoms with Gasteiger partial charge in [0.05, 0.1) is 12.0 Å². The number of amides is 1. The first-order valence-electron chi connectivity index (χ1n) is 10.3. The molecule has 0 bridgehead atoms. The first-order chi connectivity index (χ1) is 14.1. The molecule has 3 atom stereocenters. The Hall–Kier alpha value is -2.82. The highest BCUT2D eigenvalue weighted by Gasteiger charge is 2.37. The molecular formula is C24H29NO4. The van der Waals surface area contributed by atoms with Crippen LogP contribution in [-0.2, 0) is 27.4 Å². The highest BCUT2D eigenvalue weighted by molar-refractivity contribution is 5.73. The number of benzene rings is 2. The van der Waals surface area contributed by atoms with Crippen LogP contribution in [0.4, 0.5) is 4.79 Å². The Morgan fingerprint density at radius 1 is 1.07 bits per heavy atom. The lowest BCUT2D eigenvalue weighted by atomic mass is 9.93. The molecule has 0 aromatic heterocycles. The van der Waals surface area contributed by atoms with Crippen molar-refractivity contribution in [3.63, 3.8) is 0 Å². The molecule has 5 heteroatoms. The van der Waals surface area contributed by atoms with Crippen molar-refractivity contribution in [1.82, 2.24) is 4.90 Å². The molecule has 0 N–H and O–H groups in total. The number of carbonyl (C=O) groups excluding carboxylic acids is 2. The number of nitrogens with zero attached hydrogens (tertiary/aromatic N) is 1. The summed E-state index contributed by atoms with van der Waals surface area (Å²) in [6.45, 7) is 4.52. The van der Waals surface area contributed by atoms with E-state index in [4.69, 9.17) is 9.47 Å². The van der Waals surface area contributed by atoms with Gasteiger partial charge in [0.25, 0.3) is 0 Å². The second kappa shape index (κ2) is 10.1. The summed E-state index contributed by atoms with van der Waals surface area (Å²) in [6, 6.07) is 19.2. The number of ether oxygens (including phenoxy) is 2. The number of hydrogen-bond acceptors (Lipinski definition) is 4. The Labute approximate surface area is 172 Å². The number of esters is 1. The molecule has 3 rings (SSSR count). The van der Waals surface area contributed by atoms with Crippen LogP contribution in [-0.4, -0.2) is 29.1 Å². The molecule has 0 spiro atoms. The highest BCUT2D eigenvalue weighted by atomic mass is 16.6. The topological polar surface area (TPSA) is 55.8 Å². The van der Waals surface area contributed by atoms with E-state index in [1.165, 1.54) is 0 Å². The number of hydrogen-bond donors (Lipinski definition) is 0. The minimum Gasteiger partial charge on any atom is -0.460 e. The molecule has 1 aliphatic rings. The molecule has 1 saturated heterocycles. The molecule has 1 heterocycles. The summed E-state index contributed by atoms with van der Waals surface area (Å²) < 4.78 is 11.3.